The molecule has 0 aromatic heterocycles. The maximum absolute atomic E-state index is 11.6. The van der Waals surface area contributed by atoms with Crippen LogP contribution in [0.1, 0.15) is 39.5 Å². The van der Waals surface area contributed by atoms with Crippen LogP contribution in [0.4, 0.5) is 0 Å². The molecule has 3 nitrogen and oxygen atoms in total. The van der Waals surface area contributed by atoms with Gasteiger partial charge < -0.3 is 4.90 Å². The molecular formula is C11H15NO2. The Labute approximate surface area is 83.8 Å². The van der Waals surface area contributed by atoms with E-state index in [1.165, 1.54) is 0 Å². The number of likely N-dealkylation sites (tertiary alicyclic amines) is 1. The lowest BCUT2D eigenvalue weighted by atomic mass is 10.0. The normalized spacial score (nSPS) is 27.3. The average Bonchev–Trinajstić information content (AvgIpc) is 2.48. The second-order valence-electron chi connectivity index (χ2n) is 4.05. The fourth-order valence-corrected chi connectivity index (χ4v) is 2.27. The zero-order valence-corrected chi connectivity index (χ0v) is 8.67. The van der Waals surface area contributed by atoms with Gasteiger partial charge in [0.2, 0.25) is 5.91 Å². The summed E-state index contributed by atoms with van der Waals surface area (Å²) in [7, 11) is 0. The van der Waals surface area contributed by atoms with Gasteiger partial charge in [-0.15, -0.1) is 0 Å². The van der Waals surface area contributed by atoms with Gasteiger partial charge in [-0.3, -0.25) is 9.59 Å². The third-order valence-corrected chi connectivity index (χ3v) is 3.10. The average molecular weight is 193 g/mol. The van der Waals surface area contributed by atoms with Crippen LogP contribution in [0.15, 0.2) is 11.3 Å². The molecule has 0 aromatic carbocycles. The van der Waals surface area contributed by atoms with Crippen molar-refractivity contribution in [3.8, 4) is 0 Å². The summed E-state index contributed by atoms with van der Waals surface area (Å²) >= 11 is 0. The Balaban J connectivity index is 2.30. The fraction of sp³-hybridized carbons (Fsp3) is 0.636. The number of carbonyl (C=O) groups is 2. The molecular weight excluding hydrogens is 178 g/mol. The highest BCUT2D eigenvalue weighted by Gasteiger charge is 2.40. The zero-order chi connectivity index (χ0) is 10.3. The van der Waals surface area contributed by atoms with E-state index in [2.05, 4.69) is 0 Å². The highest BCUT2D eigenvalue weighted by molar-refractivity contribution is 6.03. The van der Waals surface area contributed by atoms with Crippen LogP contribution in [-0.4, -0.2) is 22.6 Å². The van der Waals surface area contributed by atoms with Crippen molar-refractivity contribution >= 4 is 11.7 Å². The molecule has 0 saturated carbocycles. The Hall–Kier alpha value is -1.12. The highest BCUT2D eigenvalue weighted by atomic mass is 16.2. The zero-order valence-electron chi connectivity index (χ0n) is 8.67. The van der Waals surface area contributed by atoms with E-state index in [0.29, 0.717) is 12.8 Å². The number of hydrogen-bond donors (Lipinski definition) is 0. The molecule has 14 heavy (non-hydrogen) atoms. The van der Waals surface area contributed by atoms with Crippen LogP contribution in [0.2, 0.25) is 0 Å². The van der Waals surface area contributed by atoms with Gasteiger partial charge in [0, 0.05) is 18.9 Å². The van der Waals surface area contributed by atoms with Gasteiger partial charge in [-0.2, -0.15) is 0 Å². The summed E-state index contributed by atoms with van der Waals surface area (Å²) in [5.41, 5.74) is 1.88. The number of hydrogen-bond acceptors (Lipinski definition) is 2. The molecule has 0 spiro atoms. The summed E-state index contributed by atoms with van der Waals surface area (Å²) in [6.45, 7) is 4.04. The molecule has 0 N–H and O–H groups in total. The standard InChI is InChI=1S/C11H15NO2/c1-3-8-4-5-9(13)11(8)12-7(2)6-10(12)14/h7H,3-6H2,1-2H3/t7-/m1/s1. The van der Waals surface area contributed by atoms with Crippen molar-refractivity contribution in [3.05, 3.63) is 11.3 Å². The quantitative estimate of drug-likeness (QED) is 0.625. The molecule has 0 unspecified atom stereocenters. The lowest BCUT2D eigenvalue weighted by Gasteiger charge is -2.39. The Morgan fingerprint density at radius 3 is 2.57 bits per heavy atom. The van der Waals surface area contributed by atoms with Gasteiger partial charge in [0.05, 0.1) is 5.70 Å². The van der Waals surface area contributed by atoms with Crippen molar-refractivity contribution in [2.75, 3.05) is 0 Å². The molecule has 1 fully saturated rings. The number of β-lactam (4-membered cyclic amide) rings is 1. The van der Waals surface area contributed by atoms with E-state index in [1.54, 1.807) is 4.90 Å². The fourth-order valence-electron chi connectivity index (χ4n) is 2.27. The number of nitrogens with zero attached hydrogens (tertiary/aromatic N) is 1. The second kappa shape index (κ2) is 3.23. The number of amides is 1. The van der Waals surface area contributed by atoms with Crippen LogP contribution < -0.4 is 0 Å². The molecule has 0 radical (unpaired) electrons. The van der Waals surface area contributed by atoms with Crippen LogP contribution in [0.25, 0.3) is 0 Å². The molecule has 1 heterocycles. The van der Waals surface area contributed by atoms with Crippen molar-refractivity contribution in [1.82, 2.24) is 4.90 Å². The smallest absolute Gasteiger partial charge is 0.229 e. The molecule has 76 valence electrons. The predicted octanol–water partition coefficient (Wildman–Crippen LogP) is 1.63. The molecule has 1 amide bonds. The summed E-state index contributed by atoms with van der Waals surface area (Å²) in [5, 5.41) is 0. The summed E-state index contributed by atoms with van der Waals surface area (Å²) < 4.78 is 0. The Kier molecular flexibility index (Phi) is 2.17. The summed E-state index contributed by atoms with van der Waals surface area (Å²) in [6, 6.07) is 0.223. The number of Topliss-reactive ketones (excluding diaryl/α,β-unsaturated/α-hetero) is 1. The van der Waals surface area contributed by atoms with Crippen molar-refractivity contribution in [1.29, 1.82) is 0 Å². The van der Waals surface area contributed by atoms with E-state index in [9.17, 15) is 9.59 Å². The van der Waals surface area contributed by atoms with Gasteiger partial charge in [0.25, 0.3) is 0 Å². The SMILES string of the molecule is CCC1=C(N2C(=O)C[C@H]2C)C(=O)CC1. The van der Waals surface area contributed by atoms with Gasteiger partial charge in [-0.05, 0) is 25.3 Å². The Morgan fingerprint density at radius 1 is 1.36 bits per heavy atom. The lowest BCUT2D eigenvalue weighted by Crippen LogP contribution is -2.51. The van der Waals surface area contributed by atoms with Crippen molar-refractivity contribution in [2.24, 2.45) is 0 Å². The van der Waals surface area contributed by atoms with E-state index >= 15 is 0 Å². The number of ketones is 1. The molecule has 1 saturated heterocycles. The van der Waals surface area contributed by atoms with Gasteiger partial charge >= 0.3 is 0 Å². The maximum atomic E-state index is 11.6. The molecule has 2 rings (SSSR count). The molecule has 0 bridgehead atoms. The Morgan fingerprint density at radius 2 is 2.07 bits per heavy atom. The first-order chi connectivity index (χ1) is 6.65. The van der Waals surface area contributed by atoms with E-state index in [4.69, 9.17) is 0 Å². The summed E-state index contributed by atoms with van der Waals surface area (Å²) in [6.07, 6.45) is 2.92. The van der Waals surface area contributed by atoms with Crippen LogP contribution >= 0.6 is 0 Å². The summed E-state index contributed by atoms with van der Waals surface area (Å²) in [4.78, 5) is 24.7. The minimum Gasteiger partial charge on any atom is -0.306 e. The maximum Gasteiger partial charge on any atom is 0.229 e. The van der Waals surface area contributed by atoms with Gasteiger partial charge in [-0.25, -0.2) is 0 Å². The first-order valence-electron chi connectivity index (χ1n) is 5.22. The van der Waals surface area contributed by atoms with Gasteiger partial charge in [0.15, 0.2) is 5.78 Å². The van der Waals surface area contributed by atoms with Gasteiger partial charge in [0.1, 0.15) is 0 Å². The number of rotatable bonds is 2. The molecule has 2 aliphatic rings. The first-order valence-corrected chi connectivity index (χ1v) is 5.22. The molecule has 3 heteroatoms. The first kappa shape index (κ1) is 9.44. The van der Waals surface area contributed by atoms with Crippen LogP contribution in [0.5, 0.6) is 0 Å². The Bertz CT molecular complexity index is 330. The summed E-state index contributed by atoms with van der Waals surface area (Å²) in [5.74, 6) is 0.260. The highest BCUT2D eigenvalue weighted by Crippen LogP contribution is 2.34. The van der Waals surface area contributed by atoms with Crippen LogP contribution in [-0.2, 0) is 9.59 Å². The van der Waals surface area contributed by atoms with Crippen LogP contribution in [0.3, 0.4) is 0 Å². The van der Waals surface area contributed by atoms with E-state index < -0.39 is 0 Å². The number of allylic oxidation sites excluding steroid dienone is 2. The van der Waals surface area contributed by atoms with Crippen LogP contribution in [0, 0.1) is 0 Å². The van der Waals surface area contributed by atoms with E-state index in [0.717, 1.165) is 24.1 Å². The third-order valence-electron chi connectivity index (χ3n) is 3.10. The minimum atomic E-state index is 0.105. The molecule has 0 aromatic rings. The number of carbonyl (C=O) groups excluding carboxylic acids is 2. The van der Waals surface area contributed by atoms with Crippen molar-refractivity contribution in [3.63, 3.8) is 0 Å². The molecule has 1 aliphatic carbocycles. The van der Waals surface area contributed by atoms with Crippen molar-refractivity contribution in [2.45, 2.75) is 45.6 Å². The van der Waals surface area contributed by atoms with E-state index in [-0.39, 0.29) is 17.7 Å². The van der Waals surface area contributed by atoms with E-state index in [1.807, 2.05) is 13.8 Å². The topological polar surface area (TPSA) is 37.4 Å². The lowest BCUT2D eigenvalue weighted by molar-refractivity contribution is -0.143. The molecule has 1 atom stereocenters. The molecule has 1 aliphatic heterocycles. The minimum absolute atomic E-state index is 0.105. The predicted molar refractivity (Wildman–Crippen MR) is 52.5 cm³/mol. The third kappa shape index (κ3) is 1.19. The second-order valence-corrected chi connectivity index (χ2v) is 4.05. The van der Waals surface area contributed by atoms with Gasteiger partial charge in [-0.1, -0.05) is 6.92 Å². The monoisotopic (exact) mass is 193 g/mol. The largest absolute Gasteiger partial charge is 0.306 e. The van der Waals surface area contributed by atoms with Crippen molar-refractivity contribution < 1.29 is 9.59 Å².